The summed E-state index contributed by atoms with van der Waals surface area (Å²) >= 11 is 6.45. The molecule has 1 aromatic carbocycles. The topological polar surface area (TPSA) is 84.9 Å². The van der Waals surface area contributed by atoms with Crippen molar-refractivity contribution in [2.24, 2.45) is 7.05 Å². The van der Waals surface area contributed by atoms with Gasteiger partial charge in [-0.05, 0) is 24.7 Å². The molecule has 0 radical (unpaired) electrons. The lowest BCUT2D eigenvalue weighted by atomic mass is 10.0. The summed E-state index contributed by atoms with van der Waals surface area (Å²) in [6, 6.07) is 8.04. The van der Waals surface area contributed by atoms with Crippen LogP contribution in [-0.2, 0) is 7.05 Å². The smallest absolute Gasteiger partial charge is 0.226 e. The van der Waals surface area contributed by atoms with Gasteiger partial charge in [-0.25, -0.2) is 0 Å². The van der Waals surface area contributed by atoms with Gasteiger partial charge in [0.05, 0.1) is 17.6 Å². The number of fused-ring (bicyclic) bond motifs is 1. The van der Waals surface area contributed by atoms with Crippen molar-refractivity contribution in [1.29, 1.82) is 0 Å². The standard InChI is InChI=1S/C18H24ClN7/c1-4-26(5-2)15(12-8-6-7-9-14(12)19)11-21-18-23-16(20)13-10-22-25(3)17(13)24-18/h6-10,15H,4-5,11H2,1-3H3,(H3,20,21,23,24). The van der Waals surface area contributed by atoms with Crippen molar-refractivity contribution >= 4 is 34.4 Å². The molecule has 0 saturated carbocycles. The number of nitrogens with zero attached hydrogens (tertiary/aromatic N) is 5. The van der Waals surface area contributed by atoms with Gasteiger partial charge in [-0.3, -0.25) is 9.58 Å². The van der Waals surface area contributed by atoms with Crippen LogP contribution in [0.4, 0.5) is 11.8 Å². The molecule has 2 aromatic heterocycles. The molecule has 0 aliphatic heterocycles. The molecule has 0 fully saturated rings. The van der Waals surface area contributed by atoms with Crippen LogP contribution in [0.25, 0.3) is 11.0 Å². The van der Waals surface area contributed by atoms with Crippen molar-refractivity contribution in [3.05, 3.63) is 41.0 Å². The molecule has 138 valence electrons. The third-order valence-corrected chi connectivity index (χ3v) is 4.94. The number of anilines is 2. The number of nitrogens with two attached hydrogens (primary N) is 1. The van der Waals surface area contributed by atoms with Gasteiger partial charge in [0.25, 0.3) is 0 Å². The van der Waals surface area contributed by atoms with Crippen LogP contribution in [0.1, 0.15) is 25.5 Å². The molecular formula is C18H24ClN7. The van der Waals surface area contributed by atoms with Crippen molar-refractivity contribution in [1.82, 2.24) is 24.6 Å². The number of aryl methyl sites for hydroxylation is 1. The molecule has 2 heterocycles. The summed E-state index contributed by atoms with van der Waals surface area (Å²) in [4.78, 5) is 11.3. The monoisotopic (exact) mass is 373 g/mol. The fraction of sp³-hybridized carbons (Fsp3) is 0.389. The lowest BCUT2D eigenvalue weighted by molar-refractivity contribution is 0.228. The molecule has 7 nitrogen and oxygen atoms in total. The van der Waals surface area contributed by atoms with E-state index in [0.29, 0.717) is 24.0 Å². The van der Waals surface area contributed by atoms with Crippen molar-refractivity contribution < 1.29 is 0 Å². The van der Waals surface area contributed by atoms with E-state index in [1.807, 2.05) is 25.2 Å². The van der Waals surface area contributed by atoms with E-state index in [-0.39, 0.29) is 6.04 Å². The molecule has 3 aromatic rings. The minimum Gasteiger partial charge on any atom is -0.383 e. The lowest BCUT2D eigenvalue weighted by Crippen LogP contribution is -2.33. The zero-order chi connectivity index (χ0) is 18.7. The Bertz CT molecular complexity index is 888. The number of nitrogens with one attached hydrogen (secondary N) is 1. The molecule has 1 atom stereocenters. The minimum absolute atomic E-state index is 0.103. The highest BCUT2D eigenvalue weighted by atomic mass is 35.5. The molecule has 3 N–H and O–H groups in total. The summed E-state index contributed by atoms with van der Waals surface area (Å²) in [6.07, 6.45) is 1.68. The van der Waals surface area contributed by atoms with Crippen molar-refractivity contribution in [2.45, 2.75) is 19.9 Å². The molecule has 8 heteroatoms. The highest BCUT2D eigenvalue weighted by Crippen LogP contribution is 2.28. The molecule has 0 bridgehead atoms. The Morgan fingerprint density at radius 3 is 2.65 bits per heavy atom. The second-order valence-corrected chi connectivity index (χ2v) is 6.48. The van der Waals surface area contributed by atoms with Gasteiger partial charge in [-0.2, -0.15) is 15.1 Å². The van der Waals surface area contributed by atoms with Gasteiger partial charge in [0.15, 0.2) is 5.65 Å². The third-order valence-electron chi connectivity index (χ3n) is 4.59. The SMILES string of the molecule is CCN(CC)C(CNc1nc(N)c2cnn(C)c2n1)c1ccccc1Cl. The molecule has 3 rings (SSSR count). The van der Waals surface area contributed by atoms with Crippen LogP contribution in [0.3, 0.4) is 0 Å². The van der Waals surface area contributed by atoms with E-state index in [1.54, 1.807) is 10.9 Å². The van der Waals surface area contributed by atoms with E-state index in [9.17, 15) is 0 Å². The maximum atomic E-state index is 6.45. The first-order valence-electron chi connectivity index (χ1n) is 8.72. The van der Waals surface area contributed by atoms with E-state index in [0.717, 1.165) is 29.1 Å². The average molecular weight is 374 g/mol. The van der Waals surface area contributed by atoms with Gasteiger partial charge in [0, 0.05) is 18.6 Å². The minimum atomic E-state index is 0.103. The number of aromatic nitrogens is 4. The maximum absolute atomic E-state index is 6.45. The second-order valence-electron chi connectivity index (χ2n) is 6.08. The molecule has 0 amide bonds. The van der Waals surface area contributed by atoms with Gasteiger partial charge < -0.3 is 11.1 Å². The van der Waals surface area contributed by atoms with Gasteiger partial charge in [-0.15, -0.1) is 0 Å². The molecule has 0 aliphatic rings. The van der Waals surface area contributed by atoms with Crippen LogP contribution in [0.5, 0.6) is 0 Å². The zero-order valence-corrected chi connectivity index (χ0v) is 16.0. The summed E-state index contributed by atoms with van der Waals surface area (Å²) in [5.41, 5.74) is 7.84. The summed E-state index contributed by atoms with van der Waals surface area (Å²) < 4.78 is 1.69. The fourth-order valence-corrected chi connectivity index (χ4v) is 3.42. The van der Waals surface area contributed by atoms with Crippen LogP contribution in [0.2, 0.25) is 5.02 Å². The Hall–Kier alpha value is -2.38. The van der Waals surface area contributed by atoms with Crippen molar-refractivity contribution in [3.8, 4) is 0 Å². The molecule has 0 saturated heterocycles. The van der Waals surface area contributed by atoms with E-state index in [2.05, 4.69) is 45.2 Å². The Balaban J connectivity index is 1.88. The largest absolute Gasteiger partial charge is 0.383 e. The fourth-order valence-electron chi connectivity index (χ4n) is 3.16. The Morgan fingerprint density at radius 1 is 1.23 bits per heavy atom. The molecule has 0 aliphatic carbocycles. The van der Waals surface area contributed by atoms with E-state index < -0.39 is 0 Å². The first kappa shape index (κ1) is 18.4. The number of benzene rings is 1. The first-order valence-corrected chi connectivity index (χ1v) is 9.10. The van der Waals surface area contributed by atoms with Crippen molar-refractivity contribution in [3.63, 3.8) is 0 Å². The molecular weight excluding hydrogens is 350 g/mol. The van der Waals surface area contributed by atoms with Crippen LogP contribution in [-0.4, -0.2) is 44.3 Å². The van der Waals surface area contributed by atoms with E-state index >= 15 is 0 Å². The van der Waals surface area contributed by atoms with Gasteiger partial charge in [0.2, 0.25) is 5.95 Å². The number of nitrogen functional groups attached to an aromatic ring is 1. The van der Waals surface area contributed by atoms with E-state index in [4.69, 9.17) is 17.3 Å². The van der Waals surface area contributed by atoms with Crippen LogP contribution >= 0.6 is 11.6 Å². The quantitative estimate of drug-likeness (QED) is 0.662. The highest BCUT2D eigenvalue weighted by molar-refractivity contribution is 6.31. The zero-order valence-electron chi connectivity index (χ0n) is 15.3. The average Bonchev–Trinajstić information content (AvgIpc) is 3.01. The predicted octanol–water partition coefficient (Wildman–Crippen LogP) is 3.09. The van der Waals surface area contributed by atoms with Crippen molar-refractivity contribution in [2.75, 3.05) is 30.7 Å². The predicted molar refractivity (Wildman–Crippen MR) is 106 cm³/mol. The number of rotatable bonds is 7. The molecule has 26 heavy (non-hydrogen) atoms. The number of halogens is 1. The van der Waals surface area contributed by atoms with E-state index in [1.165, 1.54) is 0 Å². The number of likely N-dealkylation sites (N-methyl/N-ethyl adjacent to an activating group) is 1. The van der Waals surface area contributed by atoms with Crippen LogP contribution in [0, 0.1) is 0 Å². The number of hydrogen-bond donors (Lipinski definition) is 2. The first-order chi connectivity index (χ1) is 12.5. The summed E-state index contributed by atoms with van der Waals surface area (Å²) in [5.74, 6) is 0.908. The van der Waals surface area contributed by atoms with Gasteiger partial charge in [0.1, 0.15) is 5.82 Å². The Labute approximate surface area is 158 Å². The van der Waals surface area contributed by atoms with Crippen LogP contribution in [0.15, 0.2) is 30.5 Å². The molecule has 0 spiro atoms. The summed E-state index contributed by atoms with van der Waals surface area (Å²) in [7, 11) is 1.83. The third kappa shape index (κ3) is 3.59. The summed E-state index contributed by atoms with van der Waals surface area (Å²) in [6.45, 7) is 6.73. The second kappa shape index (κ2) is 7.88. The Kier molecular flexibility index (Phi) is 5.58. The lowest BCUT2D eigenvalue weighted by Gasteiger charge is -2.30. The normalized spacial score (nSPS) is 12.7. The number of hydrogen-bond acceptors (Lipinski definition) is 6. The summed E-state index contributed by atoms with van der Waals surface area (Å²) in [5, 5.41) is 9.03. The highest BCUT2D eigenvalue weighted by Gasteiger charge is 2.21. The maximum Gasteiger partial charge on any atom is 0.226 e. The Morgan fingerprint density at radius 2 is 1.96 bits per heavy atom. The van der Waals surface area contributed by atoms with Gasteiger partial charge in [-0.1, -0.05) is 43.6 Å². The molecule has 1 unspecified atom stereocenters. The van der Waals surface area contributed by atoms with Crippen LogP contribution < -0.4 is 11.1 Å². The van der Waals surface area contributed by atoms with Gasteiger partial charge >= 0.3 is 0 Å².